The van der Waals surface area contributed by atoms with E-state index in [0.29, 0.717) is 17.2 Å². The molecule has 2 aromatic heterocycles. The number of nitrogens with zero attached hydrogens (tertiary/aromatic N) is 3. The smallest absolute Gasteiger partial charge is 0.337 e. The Morgan fingerprint density at radius 1 is 1.09 bits per heavy atom. The zero-order valence-corrected chi connectivity index (χ0v) is 19.1. The number of carbonyl (C=O) groups excluding carboxylic acids is 2. The van der Waals surface area contributed by atoms with Gasteiger partial charge in [-0.2, -0.15) is 0 Å². The van der Waals surface area contributed by atoms with Crippen LogP contribution < -0.4 is 5.32 Å². The third kappa shape index (κ3) is 4.58. The molecule has 0 bridgehead atoms. The molecule has 0 spiro atoms. The molecule has 1 fully saturated rings. The average Bonchev–Trinajstić information content (AvgIpc) is 3.46. The van der Waals surface area contributed by atoms with Crippen molar-refractivity contribution in [2.24, 2.45) is 0 Å². The van der Waals surface area contributed by atoms with Crippen LogP contribution >= 0.6 is 12.2 Å². The summed E-state index contributed by atoms with van der Waals surface area (Å²) < 4.78 is 11.7. The van der Waals surface area contributed by atoms with Gasteiger partial charge in [-0.25, -0.2) is 4.79 Å². The fourth-order valence-corrected chi connectivity index (χ4v) is 4.38. The highest BCUT2D eigenvalue weighted by molar-refractivity contribution is 7.80. The Morgan fingerprint density at radius 2 is 1.94 bits per heavy atom. The predicted octanol–water partition coefficient (Wildman–Crippen LogP) is 3.19. The Kier molecular flexibility index (Phi) is 6.69. The Labute approximate surface area is 197 Å². The van der Waals surface area contributed by atoms with E-state index in [2.05, 4.69) is 10.3 Å². The lowest BCUT2D eigenvalue weighted by molar-refractivity contribution is -0.140. The number of rotatable bonds is 7. The van der Waals surface area contributed by atoms with E-state index in [1.807, 2.05) is 58.1 Å². The number of hydrogen-bond donors (Lipinski definition) is 1. The minimum absolute atomic E-state index is 0.197. The number of ether oxygens (including phenoxy) is 2. The normalized spacial score (nSPS) is 17.5. The van der Waals surface area contributed by atoms with Crippen molar-refractivity contribution >= 4 is 29.3 Å². The molecule has 3 aromatic rings. The summed E-state index contributed by atoms with van der Waals surface area (Å²) in [5, 5.41) is 3.91. The van der Waals surface area contributed by atoms with Crippen LogP contribution in [0.25, 0.3) is 5.69 Å². The molecule has 1 saturated heterocycles. The molecule has 33 heavy (non-hydrogen) atoms. The minimum Gasteiger partial charge on any atom is -0.469 e. The van der Waals surface area contributed by atoms with E-state index < -0.39 is 5.97 Å². The molecule has 0 amide bonds. The monoisotopic (exact) mass is 464 g/mol. The van der Waals surface area contributed by atoms with Crippen molar-refractivity contribution in [3.05, 3.63) is 83.9 Å². The number of aromatic nitrogens is 2. The third-order valence-corrected chi connectivity index (χ3v) is 5.96. The van der Waals surface area contributed by atoms with E-state index in [4.69, 9.17) is 21.7 Å². The Bertz CT molecular complexity index is 1160. The van der Waals surface area contributed by atoms with E-state index in [-0.39, 0.29) is 24.5 Å². The van der Waals surface area contributed by atoms with Crippen molar-refractivity contribution < 1.29 is 19.1 Å². The number of hydrogen-bond acceptors (Lipinski definition) is 6. The molecule has 0 unspecified atom stereocenters. The number of carbonyl (C=O) groups is 2. The van der Waals surface area contributed by atoms with Gasteiger partial charge in [0.2, 0.25) is 0 Å². The third-order valence-electron chi connectivity index (χ3n) is 5.61. The zero-order valence-electron chi connectivity index (χ0n) is 18.3. The lowest BCUT2D eigenvalue weighted by Crippen LogP contribution is -2.32. The lowest BCUT2D eigenvalue weighted by atomic mass is 10.0. The summed E-state index contributed by atoms with van der Waals surface area (Å²) in [5.74, 6) is -0.709. The quantitative estimate of drug-likeness (QED) is 0.422. The number of pyridine rings is 1. The SMILES string of the molecule is COC(=O)CCN1C(=S)N[C@@H](c2ccccn2)[C@H]1c1cccn1-c1cccc(C(=O)OC)c1. The standard InChI is InChI=1S/C24H24N4O4S/c1-31-20(29)11-14-28-22(21(26-24(28)33)18-9-3-4-12-25-18)19-10-6-13-27(19)17-8-5-7-16(15-17)23(30)32-2/h3-10,12-13,15,21-22H,11,14H2,1-2H3,(H,26,33)/t21-,22+/m0/s1. The topological polar surface area (TPSA) is 85.7 Å². The number of benzene rings is 1. The van der Waals surface area contributed by atoms with E-state index in [1.54, 1.807) is 18.3 Å². The molecule has 1 aliphatic rings. The molecule has 4 rings (SSSR count). The fraction of sp³-hybridized carbons (Fsp3) is 0.250. The van der Waals surface area contributed by atoms with Crippen LogP contribution in [0.5, 0.6) is 0 Å². The van der Waals surface area contributed by atoms with Gasteiger partial charge in [-0.05, 0) is 54.7 Å². The van der Waals surface area contributed by atoms with E-state index in [1.165, 1.54) is 14.2 Å². The van der Waals surface area contributed by atoms with Crippen molar-refractivity contribution in [2.45, 2.75) is 18.5 Å². The molecule has 3 heterocycles. The van der Waals surface area contributed by atoms with Gasteiger partial charge in [-0.3, -0.25) is 9.78 Å². The lowest BCUT2D eigenvalue weighted by Gasteiger charge is -2.28. The summed E-state index contributed by atoms with van der Waals surface area (Å²) >= 11 is 5.65. The summed E-state index contributed by atoms with van der Waals surface area (Å²) in [7, 11) is 2.73. The molecule has 9 heteroatoms. The highest BCUT2D eigenvalue weighted by Crippen LogP contribution is 2.39. The van der Waals surface area contributed by atoms with Crippen molar-refractivity contribution in [3.8, 4) is 5.69 Å². The van der Waals surface area contributed by atoms with E-state index in [0.717, 1.165) is 17.1 Å². The van der Waals surface area contributed by atoms with Crippen molar-refractivity contribution in [3.63, 3.8) is 0 Å². The van der Waals surface area contributed by atoms with Crippen molar-refractivity contribution in [1.29, 1.82) is 0 Å². The van der Waals surface area contributed by atoms with Crippen LogP contribution in [0.3, 0.4) is 0 Å². The molecule has 0 saturated carbocycles. The summed E-state index contributed by atoms with van der Waals surface area (Å²) in [4.78, 5) is 30.5. The summed E-state index contributed by atoms with van der Waals surface area (Å²) in [5.41, 5.74) is 3.04. The Morgan fingerprint density at radius 3 is 2.67 bits per heavy atom. The molecule has 170 valence electrons. The van der Waals surface area contributed by atoms with Gasteiger partial charge in [-0.15, -0.1) is 0 Å². The Balaban J connectivity index is 1.77. The van der Waals surface area contributed by atoms with Crippen LogP contribution in [0, 0.1) is 0 Å². The average molecular weight is 465 g/mol. The first-order valence-electron chi connectivity index (χ1n) is 10.4. The highest BCUT2D eigenvalue weighted by Gasteiger charge is 2.41. The molecule has 1 aliphatic heterocycles. The molecule has 0 radical (unpaired) electrons. The van der Waals surface area contributed by atoms with Crippen LogP contribution in [0.2, 0.25) is 0 Å². The molecule has 1 aromatic carbocycles. The van der Waals surface area contributed by atoms with E-state index >= 15 is 0 Å². The van der Waals surface area contributed by atoms with E-state index in [9.17, 15) is 9.59 Å². The zero-order chi connectivity index (χ0) is 23.4. The van der Waals surface area contributed by atoms with Gasteiger partial charge in [0.05, 0.1) is 44.0 Å². The van der Waals surface area contributed by atoms with Gasteiger partial charge in [0.1, 0.15) is 0 Å². The number of methoxy groups -OCH3 is 2. The van der Waals surface area contributed by atoms with Gasteiger partial charge < -0.3 is 24.3 Å². The van der Waals surface area contributed by atoms with Gasteiger partial charge in [0, 0.05) is 30.3 Å². The first-order chi connectivity index (χ1) is 16.0. The van der Waals surface area contributed by atoms with Crippen molar-refractivity contribution in [2.75, 3.05) is 20.8 Å². The predicted molar refractivity (Wildman–Crippen MR) is 126 cm³/mol. The number of thiocarbonyl (C=S) groups is 1. The first kappa shape index (κ1) is 22.5. The van der Waals surface area contributed by atoms with Crippen LogP contribution in [0.4, 0.5) is 0 Å². The second-order valence-electron chi connectivity index (χ2n) is 7.49. The first-order valence-corrected chi connectivity index (χ1v) is 10.8. The molecule has 1 N–H and O–H groups in total. The summed E-state index contributed by atoms with van der Waals surface area (Å²) in [6.07, 6.45) is 3.87. The fourth-order valence-electron chi connectivity index (χ4n) is 4.05. The van der Waals surface area contributed by atoms with Gasteiger partial charge in [0.15, 0.2) is 5.11 Å². The number of esters is 2. The van der Waals surface area contributed by atoms with Crippen molar-refractivity contribution in [1.82, 2.24) is 19.8 Å². The maximum absolute atomic E-state index is 12.1. The molecular weight excluding hydrogens is 440 g/mol. The summed E-state index contributed by atoms with van der Waals surface area (Å²) in [6.45, 7) is 0.389. The minimum atomic E-state index is -0.402. The van der Waals surface area contributed by atoms with Gasteiger partial charge in [0.25, 0.3) is 0 Å². The van der Waals surface area contributed by atoms with Crippen LogP contribution in [0.1, 0.15) is 40.3 Å². The second kappa shape index (κ2) is 9.83. The molecule has 0 aliphatic carbocycles. The largest absolute Gasteiger partial charge is 0.469 e. The Hall–Kier alpha value is -3.72. The maximum Gasteiger partial charge on any atom is 0.337 e. The molecule has 8 nitrogen and oxygen atoms in total. The van der Waals surface area contributed by atoms with Gasteiger partial charge in [-0.1, -0.05) is 12.1 Å². The summed E-state index contributed by atoms with van der Waals surface area (Å²) in [6, 6.07) is 16.4. The van der Waals surface area contributed by atoms with Crippen LogP contribution in [0.15, 0.2) is 67.0 Å². The molecule has 2 atom stereocenters. The second-order valence-corrected chi connectivity index (χ2v) is 7.88. The maximum atomic E-state index is 12.1. The highest BCUT2D eigenvalue weighted by atomic mass is 32.1. The van der Waals surface area contributed by atoms with Crippen LogP contribution in [-0.4, -0.2) is 52.3 Å². The van der Waals surface area contributed by atoms with Gasteiger partial charge >= 0.3 is 11.9 Å². The number of nitrogens with one attached hydrogen (secondary N) is 1. The molecular formula is C24H24N4O4S. The van der Waals surface area contributed by atoms with Crippen LogP contribution in [-0.2, 0) is 14.3 Å².